The number of aromatic amines is 1. The van der Waals surface area contributed by atoms with Gasteiger partial charge in [-0.25, -0.2) is 13.1 Å². The summed E-state index contributed by atoms with van der Waals surface area (Å²) in [6.45, 7) is 0. The molecule has 19 heavy (non-hydrogen) atoms. The highest BCUT2D eigenvalue weighted by molar-refractivity contribution is 7.89. The van der Waals surface area contributed by atoms with Gasteiger partial charge in [-0.15, -0.1) is 0 Å². The van der Waals surface area contributed by atoms with Crippen LogP contribution in [0.15, 0.2) is 17.3 Å². The lowest BCUT2D eigenvalue weighted by atomic mass is 9.96. The predicted molar refractivity (Wildman–Crippen MR) is 66.9 cm³/mol. The van der Waals surface area contributed by atoms with Gasteiger partial charge in [0.1, 0.15) is 0 Å². The number of rotatable bonds is 4. The van der Waals surface area contributed by atoms with Gasteiger partial charge in [-0.3, -0.25) is 9.89 Å². The van der Waals surface area contributed by atoms with E-state index in [9.17, 15) is 18.3 Å². The Morgan fingerprint density at radius 3 is 2.74 bits per heavy atom. The average molecular weight is 287 g/mol. The number of aromatic nitrogens is 2. The first-order chi connectivity index (χ1) is 9.00. The van der Waals surface area contributed by atoms with Gasteiger partial charge < -0.3 is 5.11 Å². The number of nitrogens with zero attached hydrogens (tertiary/aromatic N) is 1. The first-order valence-electron chi connectivity index (χ1n) is 6.25. The summed E-state index contributed by atoms with van der Waals surface area (Å²) >= 11 is 0. The molecule has 2 unspecified atom stereocenters. The fraction of sp³-hybridized carbons (Fsp3) is 0.636. The van der Waals surface area contributed by atoms with Crippen LogP contribution in [-0.2, 0) is 14.8 Å². The van der Waals surface area contributed by atoms with Crippen LogP contribution in [0.25, 0.3) is 0 Å². The number of hydrogen-bond donors (Lipinski definition) is 3. The number of hydrogen-bond acceptors (Lipinski definition) is 4. The third-order valence-corrected chi connectivity index (χ3v) is 4.82. The van der Waals surface area contributed by atoms with Crippen LogP contribution in [0, 0.1) is 5.92 Å². The largest absolute Gasteiger partial charge is 0.481 e. The molecule has 0 bridgehead atoms. The molecule has 1 aliphatic rings. The minimum absolute atomic E-state index is 0.0408. The van der Waals surface area contributed by atoms with E-state index in [-0.39, 0.29) is 5.03 Å². The molecule has 2 rings (SSSR count). The van der Waals surface area contributed by atoms with E-state index in [4.69, 9.17) is 0 Å². The van der Waals surface area contributed by atoms with Gasteiger partial charge in [0, 0.05) is 6.04 Å². The van der Waals surface area contributed by atoms with Crippen LogP contribution in [0.4, 0.5) is 0 Å². The van der Waals surface area contributed by atoms with Gasteiger partial charge in [-0.2, -0.15) is 5.10 Å². The van der Waals surface area contributed by atoms with Crippen molar-refractivity contribution in [1.82, 2.24) is 14.9 Å². The van der Waals surface area contributed by atoms with Crippen molar-refractivity contribution in [3.8, 4) is 0 Å². The molecule has 106 valence electrons. The smallest absolute Gasteiger partial charge is 0.308 e. The molecule has 0 saturated heterocycles. The average Bonchev–Trinajstić information content (AvgIpc) is 2.78. The van der Waals surface area contributed by atoms with Crippen LogP contribution in [0.2, 0.25) is 0 Å². The van der Waals surface area contributed by atoms with Gasteiger partial charge in [0.15, 0.2) is 5.03 Å². The lowest BCUT2D eigenvalue weighted by Crippen LogP contribution is -2.42. The Balaban J connectivity index is 2.17. The molecule has 8 heteroatoms. The summed E-state index contributed by atoms with van der Waals surface area (Å²) in [5, 5.41) is 15.1. The zero-order valence-corrected chi connectivity index (χ0v) is 11.2. The third-order valence-electron chi connectivity index (χ3n) is 3.40. The van der Waals surface area contributed by atoms with Crippen molar-refractivity contribution in [1.29, 1.82) is 0 Å². The minimum Gasteiger partial charge on any atom is -0.481 e. The normalized spacial score (nSPS) is 24.8. The standard InChI is InChI=1S/C11H17N3O4S/c15-11(16)8-4-2-1-3-5-9(8)14-19(17,18)10-6-7-12-13-10/h6-9,14H,1-5H2,(H,12,13)(H,15,16). The topological polar surface area (TPSA) is 112 Å². The predicted octanol–water partition coefficient (Wildman–Crippen LogP) is 0.722. The van der Waals surface area contributed by atoms with Crippen molar-refractivity contribution >= 4 is 16.0 Å². The number of nitrogens with one attached hydrogen (secondary N) is 2. The first kappa shape index (κ1) is 14.0. The summed E-state index contributed by atoms with van der Waals surface area (Å²) in [6.07, 6.45) is 4.98. The second-order valence-electron chi connectivity index (χ2n) is 4.73. The number of carboxylic acids is 1. The Labute approximate surface area is 111 Å². The molecular formula is C11H17N3O4S. The van der Waals surface area contributed by atoms with E-state index in [0.29, 0.717) is 12.8 Å². The van der Waals surface area contributed by atoms with E-state index in [2.05, 4.69) is 14.9 Å². The lowest BCUT2D eigenvalue weighted by Gasteiger charge is -2.22. The highest BCUT2D eigenvalue weighted by atomic mass is 32.2. The molecule has 1 aromatic rings. The number of carbonyl (C=O) groups is 1. The van der Waals surface area contributed by atoms with Crippen LogP contribution in [-0.4, -0.2) is 35.7 Å². The minimum atomic E-state index is -3.73. The van der Waals surface area contributed by atoms with Crippen LogP contribution in [0.3, 0.4) is 0 Å². The maximum absolute atomic E-state index is 12.1. The summed E-state index contributed by atoms with van der Waals surface area (Å²) in [5.41, 5.74) is 0. The van der Waals surface area contributed by atoms with E-state index in [0.717, 1.165) is 19.3 Å². The second kappa shape index (κ2) is 5.70. The van der Waals surface area contributed by atoms with E-state index in [1.165, 1.54) is 12.3 Å². The Morgan fingerprint density at radius 2 is 2.11 bits per heavy atom. The molecule has 1 saturated carbocycles. The SMILES string of the molecule is O=C(O)C1CCCCCC1NS(=O)(=O)c1ccn[nH]1. The Kier molecular flexibility index (Phi) is 4.20. The molecule has 1 heterocycles. The first-order valence-corrected chi connectivity index (χ1v) is 7.73. The van der Waals surface area contributed by atoms with Crippen molar-refractivity contribution in [3.63, 3.8) is 0 Å². The van der Waals surface area contributed by atoms with Crippen LogP contribution in [0.5, 0.6) is 0 Å². The van der Waals surface area contributed by atoms with Gasteiger partial charge >= 0.3 is 5.97 Å². The highest BCUT2D eigenvalue weighted by Gasteiger charge is 2.33. The Hall–Kier alpha value is -1.41. The third kappa shape index (κ3) is 3.32. The van der Waals surface area contributed by atoms with Crippen LogP contribution < -0.4 is 4.72 Å². The maximum atomic E-state index is 12.1. The molecule has 1 aromatic heterocycles. The van der Waals surface area contributed by atoms with E-state index in [1.807, 2.05) is 0 Å². The molecule has 0 spiro atoms. The molecule has 0 aliphatic heterocycles. The van der Waals surface area contributed by atoms with Gasteiger partial charge in [0.2, 0.25) is 0 Å². The Bertz CT molecular complexity index is 526. The van der Waals surface area contributed by atoms with Crippen molar-refractivity contribution in [2.24, 2.45) is 5.92 Å². The quantitative estimate of drug-likeness (QED) is 0.706. The van der Waals surface area contributed by atoms with Gasteiger partial charge in [0.25, 0.3) is 10.0 Å². The van der Waals surface area contributed by atoms with E-state index in [1.54, 1.807) is 0 Å². The van der Waals surface area contributed by atoms with Crippen molar-refractivity contribution in [2.75, 3.05) is 0 Å². The molecule has 1 fully saturated rings. The van der Waals surface area contributed by atoms with Crippen molar-refractivity contribution in [2.45, 2.75) is 43.2 Å². The van der Waals surface area contributed by atoms with E-state index >= 15 is 0 Å². The number of sulfonamides is 1. The maximum Gasteiger partial charge on any atom is 0.308 e. The molecular weight excluding hydrogens is 270 g/mol. The molecule has 3 N–H and O–H groups in total. The zero-order chi connectivity index (χ0) is 13.9. The molecule has 0 amide bonds. The van der Waals surface area contributed by atoms with Crippen molar-refractivity contribution < 1.29 is 18.3 Å². The molecule has 1 aliphatic carbocycles. The monoisotopic (exact) mass is 287 g/mol. The zero-order valence-electron chi connectivity index (χ0n) is 10.4. The summed E-state index contributed by atoms with van der Waals surface area (Å²) < 4.78 is 26.6. The summed E-state index contributed by atoms with van der Waals surface area (Å²) in [6, 6.07) is 0.780. The molecule has 0 aromatic carbocycles. The molecule has 0 radical (unpaired) electrons. The number of H-pyrrole nitrogens is 1. The lowest BCUT2D eigenvalue weighted by molar-refractivity contribution is -0.142. The fourth-order valence-corrected chi connectivity index (χ4v) is 3.62. The highest BCUT2D eigenvalue weighted by Crippen LogP contribution is 2.25. The van der Waals surface area contributed by atoms with E-state index < -0.39 is 28.0 Å². The van der Waals surface area contributed by atoms with Crippen LogP contribution >= 0.6 is 0 Å². The summed E-state index contributed by atoms with van der Waals surface area (Å²) in [7, 11) is -3.73. The molecule has 7 nitrogen and oxygen atoms in total. The molecule has 2 atom stereocenters. The van der Waals surface area contributed by atoms with Gasteiger partial charge in [-0.1, -0.05) is 19.3 Å². The fourth-order valence-electron chi connectivity index (χ4n) is 2.40. The van der Waals surface area contributed by atoms with Gasteiger partial charge in [0.05, 0.1) is 12.1 Å². The van der Waals surface area contributed by atoms with Crippen LogP contribution in [0.1, 0.15) is 32.1 Å². The van der Waals surface area contributed by atoms with Crippen molar-refractivity contribution in [3.05, 3.63) is 12.3 Å². The number of aliphatic carboxylic acids is 1. The summed E-state index contributed by atoms with van der Waals surface area (Å²) in [4.78, 5) is 11.2. The number of carboxylic acid groups (broad SMARTS) is 1. The Morgan fingerprint density at radius 1 is 1.37 bits per heavy atom. The van der Waals surface area contributed by atoms with Gasteiger partial charge in [-0.05, 0) is 18.9 Å². The summed E-state index contributed by atoms with van der Waals surface area (Å²) in [5.74, 6) is -1.61. The second-order valence-corrected chi connectivity index (χ2v) is 6.41.